The van der Waals surface area contributed by atoms with Crippen LogP contribution < -0.4 is 10.6 Å². The molecule has 1 unspecified atom stereocenters. The Bertz CT molecular complexity index is 820. The molecule has 1 aromatic carbocycles. The number of imidazole rings is 1. The van der Waals surface area contributed by atoms with E-state index in [4.69, 9.17) is 0 Å². The van der Waals surface area contributed by atoms with Gasteiger partial charge in [0.25, 0.3) is 0 Å². The number of nitrogens with zero attached hydrogens (tertiary/aromatic N) is 4. The third-order valence-corrected chi connectivity index (χ3v) is 4.94. The van der Waals surface area contributed by atoms with Gasteiger partial charge in [-0.2, -0.15) is 13.2 Å². The third kappa shape index (κ3) is 6.73. The van der Waals surface area contributed by atoms with Crippen LogP contribution >= 0.6 is 24.0 Å². The van der Waals surface area contributed by atoms with Crippen molar-refractivity contribution in [3.63, 3.8) is 0 Å². The van der Waals surface area contributed by atoms with Crippen LogP contribution in [0, 0.1) is 6.92 Å². The average molecular weight is 524 g/mol. The summed E-state index contributed by atoms with van der Waals surface area (Å²) in [7, 11) is 1.67. The van der Waals surface area contributed by atoms with Gasteiger partial charge in [-0.1, -0.05) is 12.1 Å². The van der Waals surface area contributed by atoms with Crippen LogP contribution in [0.5, 0.6) is 0 Å². The largest absolute Gasteiger partial charge is 0.401 e. The molecule has 162 valence electrons. The van der Waals surface area contributed by atoms with E-state index in [-0.39, 0.29) is 30.0 Å². The van der Waals surface area contributed by atoms with Crippen LogP contribution in [-0.2, 0) is 6.54 Å². The van der Waals surface area contributed by atoms with Gasteiger partial charge in [-0.15, -0.1) is 24.0 Å². The average Bonchev–Trinajstić information content (AvgIpc) is 3.19. The highest BCUT2D eigenvalue weighted by molar-refractivity contribution is 14.0. The second-order valence-electron chi connectivity index (χ2n) is 7.13. The maximum absolute atomic E-state index is 12.5. The molecular weight excluding hydrogens is 496 g/mol. The number of rotatable bonds is 6. The van der Waals surface area contributed by atoms with E-state index in [1.165, 1.54) is 4.90 Å². The van der Waals surface area contributed by atoms with E-state index in [0.717, 1.165) is 29.8 Å². The molecular formula is C19H28F3IN6. The van der Waals surface area contributed by atoms with Gasteiger partial charge in [0, 0.05) is 39.3 Å². The Morgan fingerprint density at radius 1 is 1.31 bits per heavy atom. The molecule has 1 fully saturated rings. The molecule has 3 rings (SSSR count). The van der Waals surface area contributed by atoms with Gasteiger partial charge in [0.05, 0.1) is 17.6 Å². The van der Waals surface area contributed by atoms with E-state index in [1.54, 1.807) is 7.05 Å². The monoisotopic (exact) mass is 524 g/mol. The van der Waals surface area contributed by atoms with Gasteiger partial charge in [-0.05, 0) is 31.9 Å². The van der Waals surface area contributed by atoms with E-state index in [2.05, 4.69) is 31.2 Å². The number of hydrogen-bond donors (Lipinski definition) is 2. The highest BCUT2D eigenvalue weighted by atomic mass is 127. The Morgan fingerprint density at radius 2 is 2.07 bits per heavy atom. The molecule has 1 atom stereocenters. The summed E-state index contributed by atoms with van der Waals surface area (Å²) in [5.41, 5.74) is 2.12. The summed E-state index contributed by atoms with van der Waals surface area (Å²) in [5.74, 6) is 1.62. The van der Waals surface area contributed by atoms with E-state index >= 15 is 0 Å². The van der Waals surface area contributed by atoms with Gasteiger partial charge in [-0.3, -0.25) is 9.89 Å². The number of nitrogens with one attached hydrogen (secondary N) is 2. The van der Waals surface area contributed by atoms with Crippen LogP contribution in [0.4, 0.5) is 13.2 Å². The predicted molar refractivity (Wildman–Crippen MR) is 120 cm³/mol. The lowest BCUT2D eigenvalue weighted by molar-refractivity contribution is -0.143. The van der Waals surface area contributed by atoms with Gasteiger partial charge in [0.15, 0.2) is 5.96 Å². The first-order chi connectivity index (χ1) is 13.4. The molecule has 0 saturated carbocycles. The van der Waals surface area contributed by atoms with Crippen LogP contribution in [0.2, 0.25) is 0 Å². The quantitative estimate of drug-likeness (QED) is 0.264. The molecule has 1 aliphatic rings. The number of fused-ring (bicyclic) bond motifs is 1. The summed E-state index contributed by atoms with van der Waals surface area (Å²) in [5, 5.41) is 6.48. The maximum atomic E-state index is 12.5. The van der Waals surface area contributed by atoms with Crippen molar-refractivity contribution in [2.45, 2.75) is 38.5 Å². The molecule has 0 amide bonds. The summed E-state index contributed by atoms with van der Waals surface area (Å²) < 4.78 is 39.7. The van der Waals surface area contributed by atoms with Crippen molar-refractivity contribution in [3.05, 3.63) is 30.1 Å². The predicted octanol–water partition coefficient (Wildman–Crippen LogP) is 3.15. The van der Waals surface area contributed by atoms with Gasteiger partial charge < -0.3 is 15.2 Å². The fourth-order valence-electron chi connectivity index (χ4n) is 3.66. The zero-order chi connectivity index (χ0) is 20.1. The van der Waals surface area contributed by atoms with E-state index < -0.39 is 12.7 Å². The first-order valence-electron chi connectivity index (χ1n) is 9.54. The molecule has 0 spiro atoms. The van der Waals surface area contributed by atoms with Crippen molar-refractivity contribution in [2.75, 3.05) is 33.2 Å². The molecule has 6 nitrogen and oxygen atoms in total. The lowest BCUT2D eigenvalue weighted by Gasteiger charge is -2.20. The number of halogens is 4. The van der Waals surface area contributed by atoms with Crippen molar-refractivity contribution in [2.24, 2.45) is 4.99 Å². The second kappa shape index (κ2) is 10.5. The third-order valence-electron chi connectivity index (χ3n) is 4.94. The number of hydrogen-bond acceptors (Lipinski definition) is 3. The summed E-state index contributed by atoms with van der Waals surface area (Å²) in [6.07, 6.45) is -2.59. The molecule has 2 heterocycles. The van der Waals surface area contributed by atoms with Crippen molar-refractivity contribution in [1.82, 2.24) is 25.1 Å². The normalized spacial score (nSPS) is 18.1. The summed E-state index contributed by atoms with van der Waals surface area (Å²) in [6.45, 7) is 3.52. The van der Waals surface area contributed by atoms with Crippen LogP contribution in [0.1, 0.15) is 18.7 Å². The summed E-state index contributed by atoms with van der Waals surface area (Å²) >= 11 is 0. The number of benzene rings is 1. The van der Waals surface area contributed by atoms with Crippen molar-refractivity contribution < 1.29 is 13.2 Å². The number of likely N-dealkylation sites (tertiary alicyclic amines) is 1. The van der Waals surface area contributed by atoms with Gasteiger partial charge >= 0.3 is 6.18 Å². The molecule has 1 aromatic heterocycles. The molecule has 0 radical (unpaired) electrons. The number of aryl methyl sites for hydroxylation is 2. The van der Waals surface area contributed by atoms with Crippen molar-refractivity contribution in [3.8, 4) is 0 Å². The smallest absolute Gasteiger partial charge is 0.356 e. The maximum Gasteiger partial charge on any atom is 0.401 e. The second-order valence-corrected chi connectivity index (χ2v) is 7.13. The van der Waals surface area contributed by atoms with Crippen LogP contribution in [0.15, 0.2) is 29.3 Å². The SMILES string of the molecule is CN=C(NCCCn1c(C)nc2ccccc21)NC1CCN(CC(F)(F)F)C1.I. The highest BCUT2D eigenvalue weighted by Gasteiger charge is 2.34. The van der Waals surface area contributed by atoms with Gasteiger partial charge in [0.2, 0.25) is 0 Å². The minimum absolute atomic E-state index is 0. The number of aliphatic imine (C=N–C) groups is 1. The van der Waals surface area contributed by atoms with Crippen LogP contribution in [-0.4, -0.2) is 65.9 Å². The minimum Gasteiger partial charge on any atom is -0.356 e. The molecule has 10 heteroatoms. The summed E-state index contributed by atoms with van der Waals surface area (Å²) in [4.78, 5) is 10.2. The lowest BCUT2D eigenvalue weighted by atomic mass is 10.3. The van der Waals surface area contributed by atoms with E-state index in [1.807, 2.05) is 25.1 Å². The molecule has 2 aromatic rings. The number of guanidine groups is 1. The number of para-hydroxylation sites is 2. The fraction of sp³-hybridized carbons (Fsp3) is 0.579. The first kappa shape index (κ1) is 23.7. The molecule has 2 N–H and O–H groups in total. The number of aromatic nitrogens is 2. The van der Waals surface area contributed by atoms with E-state index in [0.29, 0.717) is 32.0 Å². The molecule has 0 aliphatic carbocycles. The lowest BCUT2D eigenvalue weighted by Crippen LogP contribution is -2.45. The van der Waals surface area contributed by atoms with Crippen molar-refractivity contribution in [1.29, 1.82) is 0 Å². The zero-order valence-corrected chi connectivity index (χ0v) is 19.0. The standard InChI is InChI=1S/C19H27F3N6.HI/c1-14-25-16-6-3-4-7-17(16)28(14)10-5-9-24-18(23-2)26-15-8-11-27(12-15)13-19(20,21)22;/h3-4,6-7,15H,5,8-13H2,1-2H3,(H2,23,24,26);1H. The first-order valence-corrected chi connectivity index (χ1v) is 9.54. The highest BCUT2D eigenvalue weighted by Crippen LogP contribution is 2.20. The topological polar surface area (TPSA) is 57.5 Å². The fourth-order valence-corrected chi connectivity index (χ4v) is 3.66. The van der Waals surface area contributed by atoms with Crippen molar-refractivity contribution >= 4 is 41.0 Å². The Balaban J connectivity index is 0.00000300. The van der Waals surface area contributed by atoms with Crippen LogP contribution in [0.3, 0.4) is 0 Å². The van der Waals surface area contributed by atoms with Gasteiger partial charge in [-0.25, -0.2) is 4.98 Å². The molecule has 29 heavy (non-hydrogen) atoms. The summed E-state index contributed by atoms with van der Waals surface area (Å²) in [6, 6.07) is 8.04. The zero-order valence-electron chi connectivity index (χ0n) is 16.7. The number of alkyl halides is 3. The Labute approximate surface area is 186 Å². The van der Waals surface area contributed by atoms with Gasteiger partial charge in [0.1, 0.15) is 5.82 Å². The molecule has 1 saturated heterocycles. The van der Waals surface area contributed by atoms with E-state index in [9.17, 15) is 13.2 Å². The molecule has 0 bridgehead atoms. The van der Waals surface area contributed by atoms with Crippen LogP contribution in [0.25, 0.3) is 11.0 Å². The Kier molecular flexibility index (Phi) is 8.56. The molecule has 1 aliphatic heterocycles. The Morgan fingerprint density at radius 3 is 2.79 bits per heavy atom. The minimum atomic E-state index is -4.15. The Hall–Kier alpha value is -1.56.